The van der Waals surface area contributed by atoms with E-state index in [9.17, 15) is 9.59 Å². The number of carbonyl (C=O) groups is 2. The molecular weight excluding hydrogens is 314 g/mol. The van der Waals surface area contributed by atoms with Crippen LogP contribution in [0.4, 0.5) is 0 Å². The molecule has 0 bridgehead atoms. The number of likely N-dealkylation sites (tertiary alicyclic amines) is 1. The molecule has 1 aromatic rings. The molecule has 3 N–H and O–H groups in total. The van der Waals surface area contributed by atoms with Crippen LogP contribution in [0.25, 0.3) is 0 Å². The van der Waals surface area contributed by atoms with Crippen LogP contribution in [0.3, 0.4) is 0 Å². The molecule has 0 spiro atoms. The lowest BCUT2D eigenvalue weighted by Crippen LogP contribution is -2.44. The van der Waals surface area contributed by atoms with Crippen LogP contribution in [0, 0.1) is 5.92 Å². The molecule has 1 fully saturated rings. The number of hydrogen-bond acceptors (Lipinski definition) is 6. The minimum absolute atomic E-state index is 0.138. The van der Waals surface area contributed by atoms with Gasteiger partial charge in [-0.15, -0.1) is 0 Å². The van der Waals surface area contributed by atoms with Crippen molar-refractivity contribution in [3.05, 3.63) is 17.7 Å². The Bertz CT molecular complexity index is 587. The van der Waals surface area contributed by atoms with E-state index in [0.717, 1.165) is 0 Å². The van der Waals surface area contributed by atoms with Crippen LogP contribution < -0.4 is 25.5 Å². The highest BCUT2D eigenvalue weighted by atomic mass is 16.5. The van der Waals surface area contributed by atoms with Gasteiger partial charge < -0.3 is 19.1 Å². The lowest BCUT2D eigenvalue weighted by Gasteiger charge is -2.31. The molecule has 0 aromatic heterocycles. The number of rotatable bonds is 5. The van der Waals surface area contributed by atoms with Crippen molar-refractivity contribution in [2.75, 3.05) is 34.4 Å². The summed E-state index contributed by atoms with van der Waals surface area (Å²) in [5.74, 6) is 5.98. The number of hydrogen-bond donors (Lipinski definition) is 2. The fraction of sp³-hybridized carbons (Fsp3) is 0.500. The van der Waals surface area contributed by atoms with Crippen LogP contribution in [0.15, 0.2) is 12.1 Å². The Labute approximate surface area is 140 Å². The molecule has 0 unspecified atom stereocenters. The first kappa shape index (κ1) is 17.9. The molecule has 0 atom stereocenters. The third-order valence-corrected chi connectivity index (χ3v) is 4.21. The van der Waals surface area contributed by atoms with Gasteiger partial charge in [0.15, 0.2) is 11.5 Å². The number of carbonyl (C=O) groups excluding carboxylic acids is 2. The molecule has 24 heavy (non-hydrogen) atoms. The van der Waals surface area contributed by atoms with E-state index in [2.05, 4.69) is 5.43 Å². The maximum atomic E-state index is 12.7. The summed E-state index contributed by atoms with van der Waals surface area (Å²) >= 11 is 0. The fourth-order valence-corrected chi connectivity index (χ4v) is 2.85. The third kappa shape index (κ3) is 3.53. The van der Waals surface area contributed by atoms with Gasteiger partial charge in [0.05, 0.1) is 21.3 Å². The number of hydrazine groups is 1. The minimum atomic E-state index is -0.185. The second-order valence-corrected chi connectivity index (χ2v) is 5.49. The Balaban J connectivity index is 2.17. The maximum Gasteiger partial charge on any atom is 0.254 e. The predicted molar refractivity (Wildman–Crippen MR) is 87.1 cm³/mol. The van der Waals surface area contributed by atoms with Crippen LogP contribution >= 0.6 is 0 Å². The summed E-state index contributed by atoms with van der Waals surface area (Å²) in [5, 5.41) is 0. The monoisotopic (exact) mass is 337 g/mol. The quantitative estimate of drug-likeness (QED) is 0.462. The average Bonchev–Trinajstić information content (AvgIpc) is 2.65. The molecule has 8 nitrogen and oxygen atoms in total. The Kier molecular flexibility index (Phi) is 5.86. The average molecular weight is 337 g/mol. The second-order valence-electron chi connectivity index (χ2n) is 5.49. The number of nitrogens with zero attached hydrogens (tertiary/aromatic N) is 1. The Morgan fingerprint density at radius 2 is 1.62 bits per heavy atom. The number of piperidine rings is 1. The molecule has 1 aliphatic heterocycles. The number of benzene rings is 1. The highest BCUT2D eigenvalue weighted by Crippen LogP contribution is 2.38. The van der Waals surface area contributed by atoms with Gasteiger partial charge in [-0.1, -0.05) is 0 Å². The largest absolute Gasteiger partial charge is 0.493 e. The zero-order valence-corrected chi connectivity index (χ0v) is 14.1. The summed E-state index contributed by atoms with van der Waals surface area (Å²) in [4.78, 5) is 26.0. The first-order chi connectivity index (χ1) is 11.5. The van der Waals surface area contributed by atoms with Crippen LogP contribution in [0.5, 0.6) is 17.2 Å². The first-order valence-electron chi connectivity index (χ1n) is 7.65. The normalized spacial score (nSPS) is 14.9. The zero-order chi connectivity index (χ0) is 17.7. The SMILES string of the molecule is COc1cc(C(=O)N2CCC(C(=O)NN)CC2)cc(OC)c1OC. The van der Waals surface area contributed by atoms with Crippen molar-refractivity contribution in [2.45, 2.75) is 12.8 Å². The Hall–Kier alpha value is -2.48. The number of ether oxygens (including phenoxy) is 3. The summed E-state index contributed by atoms with van der Waals surface area (Å²) in [6, 6.07) is 3.25. The molecule has 1 saturated heterocycles. The first-order valence-corrected chi connectivity index (χ1v) is 7.65. The second kappa shape index (κ2) is 7.87. The third-order valence-electron chi connectivity index (χ3n) is 4.21. The summed E-state index contributed by atoms with van der Waals surface area (Å²) in [7, 11) is 4.51. The molecule has 0 aliphatic carbocycles. The van der Waals surface area contributed by atoms with Crippen molar-refractivity contribution in [1.82, 2.24) is 10.3 Å². The van der Waals surface area contributed by atoms with Gasteiger partial charge in [0.25, 0.3) is 5.91 Å². The zero-order valence-electron chi connectivity index (χ0n) is 14.1. The Morgan fingerprint density at radius 1 is 1.08 bits per heavy atom. The van der Waals surface area contributed by atoms with Crippen molar-refractivity contribution in [3.8, 4) is 17.2 Å². The summed E-state index contributed by atoms with van der Waals surface area (Å²) in [6.45, 7) is 0.987. The smallest absolute Gasteiger partial charge is 0.254 e. The minimum Gasteiger partial charge on any atom is -0.493 e. The molecule has 2 amide bonds. The number of nitrogens with two attached hydrogens (primary N) is 1. The topological polar surface area (TPSA) is 103 Å². The summed E-state index contributed by atoms with van der Waals surface area (Å²) in [5.41, 5.74) is 2.61. The molecule has 1 aliphatic rings. The predicted octanol–water partition coefficient (Wildman–Crippen LogP) is 0.555. The number of amides is 2. The molecule has 0 radical (unpaired) electrons. The van der Waals surface area contributed by atoms with Gasteiger partial charge in [0, 0.05) is 24.6 Å². The lowest BCUT2D eigenvalue weighted by molar-refractivity contribution is -0.126. The Morgan fingerprint density at radius 3 is 2.04 bits per heavy atom. The summed E-state index contributed by atoms with van der Waals surface area (Å²) in [6.07, 6.45) is 1.17. The lowest BCUT2D eigenvalue weighted by atomic mass is 9.95. The summed E-state index contributed by atoms with van der Waals surface area (Å²) < 4.78 is 15.8. The van der Waals surface area contributed by atoms with E-state index < -0.39 is 0 Å². The van der Waals surface area contributed by atoms with Crippen LogP contribution in [0.2, 0.25) is 0 Å². The molecule has 2 rings (SSSR count). The molecule has 0 saturated carbocycles. The molecule has 132 valence electrons. The van der Waals surface area contributed by atoms with Gasteiger partial charge in [-0.3, -0.25) is 15.0 Å². The van der Waals surface area contributed by atoms with Crippen molar-refractivity contribution >= 4 is 11.8 Å². The van der Waals surface area contributed by atoms with Crippen LogP contribution in [-0.2, 0) is 4.79 Å². The van der Waals surface area contributed by atoms with E-state index in [1.54, 1.807) is 17.0 Å². The molecule has 8 heteroatoms. The van der Waals surface area contributed by atoms with Crippen LogP contribution in [-0.4, -0.2) is 51.1 Å². The molecule has 1 aromatic carbocycles. The number of methoxy groups -OCH3 is 3. The van der Waals surface area contributed by atoms with E-state index in [0.29, 0.717) is 48.7 Å². The van der Waals surface area contributed by atoms with Gasteiger partial charge in [-0.2, -0.15) is 0 Å². The van der Waals surface area contributed by atoms with Gasteiger partial charge in [-0.25, -0.2) is 5.84 Å². The van der Waals surface area contributed by atoms with E-state index in [1.807, 2.05) is 0 Å². The van der Waals surface area contributed by atoms with Crippen molar-refractivity contribution < 1.29 is 23.8 Å². The van der Waals surface area contributed by atoms with Gasteiger partial charge in [0.1, 0.15) is 0 Å². The van der Waals surface area contributed by atoms with Crippen molar-refractivity contribution in [2.24, 2.45) is 11.8 Å². The molecular formula is C16H23N3O5. The van der Waals surface area contributed by atoms with Gasteiger partial charge in [-0.05, 0) is 25.0 Å². The van der Waals surface area contributed by atoms with Gasteiger partial charge in [0.2, 0.25) is 11.7 Å². The van der Waals surface area contributed by atoms with Crippen molar-refractivity contribution in [1.29, 1.82) is 0 Å². The van der Waals surface area contributed by atoms with Crippen LogP contribution in [0.1, 0.15) is 23.2 Å². The highest BCUT2D eigenvalue weighted by Gasteiger charge is 2.28. The van der Waals surface area contributed by atoms with E-state index in [4.69, 9.17) is 20.1 Å². The highest BCUT2D eigenvalue weighted by molar-refractivity contribution is 5.96. The van der Waals surface area contributed by atoms with Crippen molar-refractivity contribution in [3.63, 3.8) is 0 Å². The van der Waals surface area contributed by atoms with E-state index in [-0.39, 0.29) is 17.7 Å². The maximum absolute atomic E-state index is 12.7. The molecule has 1 heterocycles. The number of nitrogens with one attached hydrogen (secondary N) is 1. The van der Waals surface area contributed by atoms with E-state index in [1.165, 1.54) is 21.3 Å². The van der Waals surface area contributed by atoms with Gasteiger partial charge >= 0.3 is 0 Å². The fourth-order valence-electron chi connectivity index (χ4n) is 2.85. The standard InChI is InChI=1S/C16H23N3O5/c1-22-12-8-11(9-13(23-2)14(12)24-3)16(21)19-6-4-10(5-7-19)15(20)18-17/h8-10H,4-7,17H2,1-3H3,(H,18,20). The van der Waals surface area contributed by atoms with E-state index >= 15 is 0 Å².